The van der Waals surface area contributed by atoms with Gasteiger partial charge in [-0.05, 0) is 37.6 Å². The van der Waals surface area contributed by atoms with Crippen molar-refractivity contribution in [1.82, 2.24) is 29.4 Å². The highest BCUT2D eigenvalue weighted by atomic mass is 15.4. The van der Waals surface area contributed by atoms with E-state index in [1.165, 1.54) is 5.56 Å². The number of pyridine rings is 2. The number of anilines is 1. The number of rotatable bonds is 2. The molecule has 4 aromatic rings. The Balaban J connectivity index is 1.77. The molecule has 0 atom stereocenters. The Bertz CT molecular complexity index is 1060. The van der Waals surface area contributed by atoms with Crippen LogP contribution >= 0.6 is 0 Å². The van der Waals surface area contributed by atoms with Gasteiger partial charge >= 0.3 is 0 Å². The lowest BCUT2D eigenvalue weighted by atomic mass is 10.1. The van der Waals surface area contributed by atoms with Gasteiger partial charge in [0.05, 0.1) is 5.69 Å². The molecule has 0 amide bonds. The lowest BCUT2D eigenvalue weighted by molar-refractivity contribution is 0.840. The Labute approximate surface area is 138 Å². The molecule has 0 saturated carbocycles. The standard InChI is InChI=1S/C17H15N7/c1-11-3-2-4-15(21-11)24-16(13-7-8-18-17(13)22-24)12-5-6-14-19-10-20-23(14)9-12/h2-6,9-10H,7-8H2,1H3,(H,18,22). The first kappa shape index (κ1) is 13.2. The predicted molar refractivity (Wildman–Crippen MR) is 90.3 cm³/mol. The Kier molecular flexibility index (Phi) is 2.70. The molecule has 1 N–H and O–H groups in total. The Morgan fingerprint density at radius 3 is 3.04 bits per heavy atom. The van der Waals surface area contributed by atoms with E-state index in [1.807, 2.05) is 42.1 Å². The minimum Gasteiger partial charge on any atom is -0.368 e. The van der Waals surface area contributed by atoms with Crippen molar-refractivity contribution in [2.75, 3.05) is 11.9 Å². The molecule has 7 nitrogen and oxygen atoms in total. The van der Waals surface area contributed by atoms with Gasteiger partial charge in [0, 0.05) is 29.6 Å². The number of hydrogen-bond acceptors (Lipinski definition) is 5. The summed E-state index contributed by atoms with van der Waals surface area (Å²) in [4.78, 5) is 8.84. The van der Waals surface area contributed by atoms with Crippen LogP contribution in [0.4, 0.5) is 5.82 Å². The predicted octanol–water partition coefficient (Wildman–Crippen LogP) is 2.25. The van der Waals surface area contributed by atoms with Crippen molar-refractivity contribution in [2.45, 2.75) is 13.3 Å². The summed E-state index contributed by atoms with van der Waals surface area (Å²) < 4.78 is 3.70. The second-order valence-corrected chi connectivity index (χ2v) is 5.88. The Hall–Kier alpha value is -3.22. The molecule has 0 spiro atoms. The smallest absolute Gasteiger partial charge is 0.155 e. The molecular weight excluding hydrogens is 302 g/mol. The van der Waals surface area contributed by atoms with E-state index in [2.05, 4.69) is 26.4 Å². The Morgan fingerprint density at radius 2 is 2.12 bits per heavy atom. The molecule has 4 aromatic heterocycles. The summed E-state index contributed by atoms with van der Waals surface area (Å²) in [7, 11) is 0. The van der Waals surface area contributed by atoms with Gasteiger partial charge in [0.2, 0.25) is 0 Å². The largest absolute Gasteiger partial charge is 0.368 e. The van der Waals surface area contributed by atoms with Gasteiger partial charge in [0.15, 0.2) is 17.3 Å². The van der Waals surface area contributed by atoms with Crippen LogP contribution < -0.4 is 5.32 Å². The molecular formula is C17H15N7. The third kappa shape index (κ3) is 1.91. The minimum absolute atomic E-state index is 0.819. The van der Waals surface area contributed by atoms with Crippen LogP contribution in [0.2, 0.25) is 0 Å². The SMILES string of the molecule is Cc1cccc(-n2nc3c(c2-c2ccc4ncnn4c2)CCN3)n1. The molecule has 1 aliphatic heterocycles. The van der Waals surface area contributed by atoms with E-state index >= 15 is 0 Å². The zero-order valence-electron chi connectivity index (χ0n) is 13.1. The highest BCUT2D eigenvalue weighted by Crippen LogP contribution is 2.34. The maximum absolute atomic E-state index is 4.74. The summed E-state index contributed by atoms with van der Waals surface area (Å²) in [5.41, 5.74) is 5.12. The van der Waals surface area contributed by atoms with E-state index in [0.717, 1.165) is 47.2 Å². The summed E-state index contributed by atoms with van der Waals surface area (Å²) in [5, 5.41) is 12.3. The first-order valence-electron chi connectivity index (χ1n) is 7.89. The summed E-state index contributed by atoms with van der Waals surface area (Å²) in [6.07, 6.45) is 4.50. The van der Waals surface area contributed by atoms with E-state index in [0.29, 0.717) is 0 Å². The fourth-order valence-corrected chi connectivity index (χ4v) is 3.20. The summed E-state index contributed by atoms with van der Waals surface area (Å²) in [6.45, 7) is 2.90. The first-order chi connectivity index (χ1) is 11.8. The van der Waals surface area contributed by atoms with Crippen LogP contribution in [-0.2, 0) is 6.42 Å². The lowest BCUT2D eigenvalue weighted by Crippen LogP contribution is -2.06. The van der Waals surface area contributed by atoms with Gasteiger partial charge in [0.25, 0.3) is 0 Å². The lowest BCUT2D eigenvalue weighted by Gasteiger charge is -2.09. The number of nitrogens with zero attached hydrogens (tertiary/aromatic N) is 6. The highest BCUT2D eigenvalue weighted by molar-refractivity contribution is 5.73. The fraction of sp³-hybridized carbons (Fsp3) is 0.176. The van der Waals surface area contributed by atoms with Crippen molar-refractivity contribution in [3.63, 3.8) is 0 Å². The molecule has 7 heteroatoms. The Morgan fingerprint density at radius 1 is 1.17 bits per heavy atom. The van der Waals surface area contributed by atoms with Crippen molar-refractivity contribution < 1.29 is 0 Å². The maximum atomic E-state index is 4.74. The van der Waals surface area contributed by atoms with Crippen molar-refractivity contribution >= 4 is 11.5 Å². The molecule has 24 heavy (non-hydrogen) atoms. The van der Waals surface area contributed by atoms with Crippen molar-refractivity contribution in [3.05, 3.63) is 54.1 Å². The average molecular weight is 317 g/mol. The number of nitrogens with one attached hydrogen (secondary N) is 1. The molecule has 0 aromatic carbocycles. The van der Waals surface area contributed by atoms with E-state index in [1.54, 1.807) is 10.8 Å². The maximum Gasteiger partial charge on any atom is 0.155 e. The first-order valence-corrected chi connectivity index (χ1v) is 7.89. The van der Waals surface area contributed by atoms with Crippen LogP contribution in [0.3, 0.4) is 0 Å². The van der Waals surface area contributed by atoms with Gasteiger partial charge in [-0.15, -0.1) is 5.10 Å². The molecule has 0 bridgehead atoms. The number of hydrogen-bond donors (Lipinski definition) is 1. The van der Waals surface area contributed by atoms with E-state index in [4.69, 9.17) is 5.10 Å². The third-order valence-corrected chi connectivity index (χ3v) is 4.29. The summed E-state index contributed by atoms with van der Waals surface area (Å²) >= 11 is 0. The number of aryl methyl sites for hydroxylation is 1. The second kappa shape index (κ2) is 4.89. The van der Waals surface area contributed by atoms with Crippen LogP contribution in [0.5, 0.6) is 0 Å². The minimum atomic E-state index is 0.819. The van der Waals surface area contributed by atoms with Crippen molar-refractivity contribution in [3.8, 4) is 17.1 Å². The highest BCUT2D eigenvalue weighted by Gasteiger charge is 2.24. The van der Waals surface area contributed by atoms with Crippen molar-refractivity contribution in [1.29, 1.82) is 0 Å². The molecule has 0 unspecified atom stereocenters. The zero-order valence-corrected chi connectivity index (χ0v) is 13.1. The molecule has 118 valence electrons. The monoisotopic (exact) mass is 317 g/mol. The van der Waals surface area contributed by atoms with Crippen LogP contribution in [0.25, 0.3) is 22.7 Å². The molecule has 0 aliphatic carbocycles. The number of fused-ring (bicyclic) bond motifs is 2. The molecule has 5 heterocycles. The van der Waals surface area contributed by atoms with E-state index in [9.17, 15) is 0 Å². The molecule has 0 saturated heterocycles. The van der Waals surface area contributed by atoms with Gasteiger partial charge in [0.1, 0.15) is 6.33 Å². The fourth-order valence-electron chi connectivity index (χ4n) is 3.20. The van der Waals surface area contributed by atoms with Crippen LogP contribution in [0.1, 0.15) is 11.3 Å². The normalized spacial score (nSPS) is 13.2. The van der Waals surface area contributed by atoms with Crippen LogP contribution in [0.15, 0.2) is 42.9 Å². The quantitative estimate of drug-likeness (QED) is 0.614. The van der Waals surface area contributed by atoms with Gasteiger partial charge in [-0.25, -0.2) is 19.2 Å². The average Bonchev–Trinajstić information content (AvgIpc) is 3.29. The topological polar surface area (TPSA) is 72.9 Å². The third-order valence-electron chi connectivity index (χ3n) is 4.29. The summed E-state index contributed by atoms with van der Waals surface area (Å²) in [6, 6.07) is 10.00. The molecule has 0 radical (unpaired) electrons. The van der Waals surface area contributed by atoms with Gasteiger partial charge < -0.3 is 5.32 Å². The van der Waals surface area contributed by atoms with E-state index < -0.39 is 0 Å². The van der Waals surface area contributed by atoms with Gasteiger partial charge in [-0.1, -0.05) is 6.07 Å². The van der Waals surface area contributed by atoms with Crippen LogP contribution in [-0.4, -0.2) is 35.9 Å². The molecule has 0 fully saturated rings. The number of aromatic nitrogens is 6. The van der Waals surface area contributed by atoms with Gasteiger partial charge in [-0.3, -0.25) is 0 Å². The molecule has 5 rings (SSSR count). The van der Waals surface area contributed by atoms with Gasteiger partial charge in [-0.2, -0.15) is 5.10 Å². The second-order valence-electron chi connectivity index (χ2n) is 5.88. The zero-order chi connectivity index (χ0) is 16.1. The summed E-state index contributed by atoms with van der Waals surface area (Å²) in [5.74, 6) is 1.76. The van der Waals surface area contributed by atoms with Crippen LogP contribution in [0, 0.1) is 6.92 Å². The molecule has 1 aliphatic rings. The van der Waals surface area contributed by atoms with Crippen molar-refractivity contribution in [2.24, 2.45) is 0 Å². The van der Waals surface area contributed by atoms with E-state index in [-0.39, 0.29) is 0 Å².